The molecule has 0 amide bonds. The second-order valence-electron chi connectivity index (χ2n) is 2.87. The molecule has 0 atom stereocenters. The van der Waals surface area contributed by atoms with E-state index in [0.29, 0.717) is 12.2 Å². The highest BCUT2D eigenvalue weighted by molar-refractivity contribution is 5.85. The van der Waals surface area contributed by atoms with E-state index in [2.05, 4.69) is 4.85 Å². The molecule has 1 aromatic rings. The van der Waals surface area contributed by atoms with Crippen molar-refractivity contribution in [3.8, 4) is 0 Å². The van der Waals surface area contributed by atoms with Crippen molar-refractivity contribution in [2.75, 3.05) is 0 Å². The van der Waals surface area contributed by atoms with Crippen molar-refractivity contribution in [3.63, 3.8) is 0 Å². The molecule has 0 bridgehead atoms. The average molecular weight is 197 g/mol. The van der Waals surface area contributed by atoms with Gasteiger partial charge in [0.05, 0.1) is 6.57 Å². The number of nitrogens with zero attached hydrogens (tertiary/aromatic N) is 1. The average Bonchev–Trinajstić information content (AvgIpc) is 2.03. The first-order chi connectivity index (χ1) is 5.69. The topological polar surface area (TPSA) is 30.4 Å². The molecule has 1 rings (SSSR count). The lowest BCUT2D eigenvalue weighted by atomic mass is 10.0. The second-order valence-corrected chi connectivity index (χ2v) is 2.87. The molecule has 1 aromatic carbocycles. The summed E-state index contributed by atoms with van der Waals surface area (Å²) in [4.78, 5) is 3.38. The van der Waals surface area contributed by atoms with E-state index in [1.165, 1.54) is 0 Å². The van der Waals surface area contributed by atoms with Gasteiger partial charge in [0, 0.05) is 6.54 Å². The molecule has 0 unspecified atom stereocenters. The monoisotopic (exact) mass is 196 g/mol. The summed E-state index contributed by atoms with van der Waals surface area (Å²) in [6.07, 6.45) is 0. The number of hydrogen-bond acceptors (Lipinski definition) is 1. The summed E-state index contributed by atoms with van der Waals surface area (Å²) in [6, 6.07) is 3.75. The Balaban J connectivity index is 0.00000144. The Kier molecular flexibility index (Phi) is 4.47. The lowest BCUT2D eigenvalue weighted by molar-refractivity contribution is 1.03. The van der Waals surface area contributed by atoms with Gasteiger partial charge in [0.1, 0.15) is 0 Å². The van der Waals surface area contributed by atoms with Crippen molar-refractivity contribution in [2.24, 2.45) is 5.73 Å². The lowest BCUT2D eigenvalue weighted by Crippen LogP contribution is -2.01. The van der Waals surface area contributed by atoms with Crippen LogP contribution in [-0.2, 0) is 6.54 Å². The van der Waals surface area contributed by atoms with E-state index in [1.54, 1.807) is 0 Å². The molecular weight excluding hydrogens is 184 g/mol. The van der Waals surface area contributed by atoms with E-state index in [0.717, 1.165) is 16.7 Å². The van der Waals surface area contributed by atoms with Crippen LogP contribution in [0.4, 0.5) is 5.69 Å². The van der Waals surface area contributed by atoms with Crippen LogP contribution in [0.25, 0.3) is 4.85 Å². The van der Waals surface area contributed by atoms with Crippen LogP contribution >= 0.6 is 12.4 Å². The molecule has 0 aliphatic heterocycles. The Bertz CT molecular complexity index is 316. The minimum absolute atomic E-state index is 0. The lowest BCUT2D eigenvalue weighted by Gasteiger charge is -2.07. The summed E-state index contributed by atoms with van der Waals surface area (Å²) in [5, 5.41) is 0. The summed E-state index contributed by atoms with van der Waals surface area (Å²) >= 11 is 0. The van der Waals surface area contributed by atoms with Gasteiger partial charge in [-0.25, -0.2) is 4.85 Å². The van der Waals surface area contributed by atoms with Crippen molar-refractivity contribution in [3.05, 3.63) is 40.2 Å². The van der Waals surface area contributed by atoms with E-state index in [-0.39, 0.29) is 12.4 Å². The van der Waals surface area contributed by atoms with Crippen molar-refractivity contribution >= 4 is 18.1 Å². The normalized spacial score (nSPS) is 8.77. The van der Waals surface area contributed by atoms with Crippen molar-refractivity contribution in [1.29, 1.82) is 0 Å². The molecule has 2 N–H and O–H groups in total. The van der Waals surface area contributed by atoms with Gasteiger partial charge in [0.2, 0.25) is 0 Å². The van der Waals surface area contributed by atoms with E-state index >= 15 is 0 Å². The van der Waals surface area contributed by atoms with Crippen molar-refractivity contribution < 1.29 is 0 Å². The zero-order valence-corrected chi connectivity index (χ0v) is 8.61. The highest BCUT2D eigenvalue weighted by Gasteiger charge is 2.02. The molecule has 70 valence electrons. The van der Waals surface area contributed by atoms with Gasteiger partial charge in [0.25, 0.3) is 0 Å². The Morgan fingerprint density at radius 1 is 1.31 bits per heavy atom. The Morgan fingerprint density at radius 2 is 1.77 bits per heavy atom. The highest BCUT2D eigenvalue weighted by Crippen LogP contribution is 2.21. The maximum Gasteiger partial charge on any atom is 0.187 e. The molecule has 0 aliphatic carbocycles. The Labute approximate surface area is 85.0 Å². The van der Waals surface area contributed by atoms with Crippen LogP contribution < -0.4 is 5.73 Å². The van der Waals surface area contributed by atoms with E-state index in [4.69, 9.17) is 12.3 Å². The number of nitrogens with two attached hydrogens (primary N) is 1. The quantitative estimate of drug-likeness (QED) is 0.688. The number of aryl methyl sites for hydroxylation is 2. The molecule has 0 saturated carbocycles. The minimum atomic E-state index is 0. The molecule has 0 aliphatic rings. The maximum absolute atomic E-state index is 6.86. The molecule has 0 fully saturated rings. The van der Waals surface area contributed by atoms with Gasteiger partial charge in [-0.1, -0.05) is 23.3 Å². The largest absolute Gasteiger partial charge is 0.326 e. The zero-order chi connectivity index (χ0) is 9.14. The van der Waals surface area contributed by atoms with Gasteiger partial charge in [-0.05, 0) is 19.4 Å². The molecule has 2 nitrogen and oxygen atoms in total. The van der Waals surface area contributed by atoms with Crippen LogP contribution in [-0.4, -0.2) is 0 Å². The van der Waals surface area contributed by atoms with Gasteiger partial charge in [0.15, 0.2) is 5.69 Å². The SMILES string of the molecule is Cl.[C-]#[N+]c1cc(C)c(CN)c(C)c1. The number of benzene rings is 1. The first kappa shape index (κ1) is 12.0. The maximum atomic E-state index is 6.86. The minimum Gasteiger partial charge on any atom is -0.326 e. The fraction of sp³-hybridized carbons (Fsp3) is 0.300. The molecule has 0 heterocycles. The van der Waals surface area contributed by atoms with Crippen LogP contribution in [0.5, 0.6) is 0 Å². The number of halogens is 1. The van der Waals surface area contributed by atoms with Gasteiger partial charge >= 0.3 is 0 Å². The van der Waals surface area contributed by atoms with E-state index in [9.17, 15) is 0 Å². The van der Waals surface area contributed by atoms with Gasteiger partial charge in [-0.15, -0.1) is 12.4 Å². The molecule has 0 saturated heterocycles. The first-order valence-electron chi connectivity index (χ1n) is 3.86. The van der Waals surface area contributed by atoms with Crippen LogP contribution in [0.15, 0.2) is 12.1 Å². The smallest absolute Gasteiger partial charge is 0.187 e. The zero-order valence-electron chi connectivity index (χ0n) is 7.79. The summed E-state index contributed by atoms with van der Waals surface area (Å²) in [5.41, 5.74) is 9.65. The van der Waals surface area contributed by atoms with Gasteiger partial charge < -0.3 is 5.73 Å². The van der Waals surface area contributed by atoms with Crippen LogP contribution in [0.2, 0.25) is 0 Å². The first-order valence-corrected chi connectivity index (χ1v) is 3.86. The number of rotatable bonds is 1. The summed E-state index contributed by atoms with van der Waals surface area (Å²) < 4.78 is 0. The summed E-state index contributed by atoms with van der Waals surface area (Å²) in [7, 11) is 0. The Morgan fingerprint density at radius 3 is 2.08 bits per heavy atom. The van der Waals surface area contributed by atoms with Gasteiger partial charge in [-0.3, -0.25) is 0 Å². The van der Waals surface area contributed by atoms with E-state index < -0.39 is 0 Å². The molecule has 0 radical (unpaired) electrons. The van der Waals surface area contributed by atoms with Crippen molar-refractivity contribution in [1.82, 2.24) is 0 Å². The molecule has 3 heteroatoms. The van der Waals surface area contributed by atoms with Crippen molar-refractivity contribution in [2.45, 2.75) is 20.4 Å². The molecule has 13 heavy (non-hydrogen) atoms. The molecule has 0 aromatic heterocycles. The van der Waals surface area contributed by atoms with Crippen LogP contribution in [0.1, 0.15) is 16.7 Å². The third-order valence-corrected chi connectivity index (χ3v) is 2.01. The highest BCUT2D eigenvalue weighted by atomic mass is 35.5. The van der Waals surface area contributed by atoms with Gasteiger partial charge in [-0.2, -0.15) is 0 Å². The van der Waals surface area contributed by atoms with Crippen LogP contribution in [0, 0.1) is 20.4 Å². The Hall–Kier alpha value is -1.04. The summed E-state index contributed by atoms with van der Waals surface area (Å²) in [5.74, 6) is 0. The molecular formula is C10H13ClN2. The van der Waals surface area contributed by atoms with Crippen LogP contribution in [0.3, 0.4) is 0 Å². The molecule has 0 spiro atoms. The third kappa shape index (κ3) is 2.45. The fourth-order valence-electron chi connectivity index (χ4n) is 1.36. The fourth-order valence-corrected chi connectivity index (χ4v) is 1.36. The second kappa shape index (κ2) is 4.86. The van der Waals surface area contributed by atoms with E-state index in [1.807, 2.05) is 26.0 Å². The summed E-state index contributed by atoms with van der Waals surface area (Å²) in [6.45, 7) is 11.4. The predicted octanol–water partition coefficient (Wildman–Crippen LogP) is 2.73. The predicted molar refractivity (Wildman–Crippen MR) is 57.3 cm³/mol. The number of hydrogen-bond donors (Lipinski definition) is 1. The standard InChI is InChI=1S/C10H12N2.ClH/c1-7-4-9(12-3)5-8(2)10(7)6-11;/h4-5H,6,11H2,1-2H3;1H. The third-order valence-electron chi connectivity index (χ3n) is 2.01.